The van der Waals surface area contributed by atoms with E-state index in [-0.39, 0.29) is 5.91 Å². The lowest BCUT2D eigenvalue weighted by molar-refractivity contribution is -0.134. The Morgan fingerprint density at radius 2 is 1.96 bits per heavy atom. The molecule has 5 nitrogen and oxygen atoms in total. The summed E-state index contributed by atoms with van der Waals surface area (Å²) in [5.74, 6) is 1.49. The Labute approximate surface area is 160 Å². The minimum Gasteiger partial charge on any atom is -0.337 e. The molecule has 140 valence electrons. The summed E-state index contributed by atoms with van der Waals surface area (Å²) in [6.07, 6.45) is 3.41. The van der Waals surface area contributed by atoms with Crippen molar-refractivity contribution in [2.45, 2.75) is 70.7 Å². The molecule has 0 radical (unpaired) electrons. The Hall–Kier alpha value is -1.82. The second-order valence-electron chi connectivity index (χ2n) is 7.14. The summed E-state index contributed by atoms with van der Waals surface area (Å²) in [7, 11) is 0. The van der Waals surface area contributed by atoms with Crippen molar-refractivity contribution < 1.29 is 4.79 Å². The first-order chi connectivity index (χ1) is 12.5. The number of likely N-dealkylation sites (tertiary alicyclic amines) is 1. The number of carbonyl (C=O) groups is 1. The van der Waals surface area contributed by atoms with E-state index in [0.29, 0.717) is 17.8 Å². The van der Waals surface area contributed by atoms with Gasteiger partial charge in [-0.2, -0.15) is 0 Å². The monoisotopic (exact) mass is 372 g/mol. The van der Waals surface area contributed by atoms with E-state index in [1.807, 2.05) is 6.07 Å². The van der Waals surface area contributed by atoms with Crippen LogP contribution in [0.2, 0.25) is 0 Å². The third kappa shape index (κ3) is 3.95. The van der Waals surface area contributed by atoms with E-state index in [9.17, 15) is 4.79 Å². The largest absolute Gasteiger partial charge is 0.337 e. The highest BCUT2D eigenvalue weighted by Gasteiger charge is 2.29. The Kier molecular flexibility index (Phi) is 6.01. The van der Waals surface area contributed by atoms with Crippen molar-refractivity contribution in [1.29, 1.82) is 0 Å². The molecule has 1 aliphatic heterocycles. The first-order valence-electron chi connectivity index (χ1n) is 9.45. The summed E-state index contributed by atoms with van der Waals surface area (Å²) in [4.78, 5) is 14.8. The SMILES string of the molecule is CCn1c(SCC(=O)N2C(C)CCCC2C)nnc1-c1cccc(C)c1. The van der Waals surface area contributed by atoms with Crippen LogP contribution in [0.15, 0.2) is 29.4 Å². The third-order valence-corrected chi connectivity index (χ3v) is 6.07. The molecule has 1 aliphatic rings. The fraction of sp³-hybridized carbons (Fsp3) is 0.550. The molecular weight excluding hydrogens is 344 g/mol. The summed E-state index contributed by atoms with van der Waals surface area (Å²) in [5, 5.41) is 9.55. The average molecular weight is 373 g/mol. The van der Waals surface area contributed by atoms with Gasteiger partial charge >= 0.3 is 0 Å². The number of aryl methyl sites for hydroxylation is 1. The molecule has 1 aromatic carbocycles. The van der Waals surface area contributed by atoms with Crippen molar-refractivity contribution in [3.05, 3.63) is 29.8 Å². The van der Waals surface area contributed by atoms with Crippen LogP contribution >= 0.6 is 11.8 Å². The Bertz CT molecular complexity index is 763. The van der Waals surface area contributed by atoms with Crippen LogP contribution in [0.5, 0.6) is 0 Å². The molecule has 6 heteroatoms. The summed E-state index contributed by atoms with van der Waals surface area (Å²) >= 11 is 1.50. The maximum absolute atomic E-state index is 12.8. The van der Waals surface area contributed by atoms with Crippen molar-refractivity contribution in [2.24, 2.45) is 0 Å². The molecule has 0 N–H and O–H groups in total. The number of thioether (sulfide) groups is 1. The highest BCUT2D eigenvalue weighted by Crippen LogP contribution is 2.27. The quantitative estimate of drug-likeness (QED) is 0.740. The Morgan fingerprint density at radius 1 is 1.23 bits per heavy atom. The van der Waals surface area contributed by atoms with Gasteiger partial charge in [-0.15, -0.1) is 10.2 Å². The first-order valence-corrected chi connectivity index (χ1v) is 10.4. The van der Waals surface area contributed by atoms with Gasteiger partial charge in [0.1, 0.15) is 0 Å². The van der Waals surface area contributed by atoms with Gasteiger partial charge in [-0.3, -0.25) is 4.79 Å². The van der Waals surface area contributed by atoms with Crippen molar-refractivity contribution in [3.63, 3.8) is 0 Å². The van der Waals surface area contributed by atoms with E-state index in [1.165, 1.54) is 23.7 Å². The predicted octanol–water partition coefficient (Wildman–Crippen LogP) is 4.16. The molecular formula is C20H28N4OS. The topological polar surface area (TPSA) is 51.0 Å². The number of piperidine rings is 1. The smallest absolute Gasteiger partial charge is 0.233 e. The average Bonchev–Trinajstić information content (AvgIpc) is 3.02. The highest BCUT2D eigenvalue weighted by atomic mass is 32.2. The van der Waals surface area contributed by atoms with E-state index >= 15 is 0 Å². The molecule has 2 unspecified atom stereocenters. The number of hydrogen-bond donors (Lipinski definition) is 0. The van der Waals surface area contributed by atoms with Gasteiger partial charge < -0.3 is 9.47 Å². The van der Waals surface area contributed by atoms with Crippen molar-refractivity contribution in [1.82, 2.24) is 19.7 Å². The molecule has 1 saturated heterocycles. The minimum absolute atomic E-state index is 0.206. The second-order valence-corrected chi connectivity index (χ2v) is 8.08. The zero-order valence-corrected chi connectivity index (χ0v) is 16.9. The first kappa shape index (κ1) is 19.0. The zero-order valence-electron chi connectivity index (χ0n) is 16.1. The number of carbonyl (C=O) groups excluding carboxylic acids is 1. The summed E-state index contributed by atoms with van der Waals surface area (Å²) < 4.78 is 2.09. The maximum Gasteiger partial charge on any atom is 0.233 e. The number of hydrogen-bond acceptors (Lipinski definition) is 4. The molecule has 1 amide bonds. The number of aromatic nitrogens is 3. The second kappa shape index (κ2) is 8.25. The van der Waals surface area contributed by atoms with Crippen LogP contribution in [0, 0.1) is 6.92 Å². The Balaban J connectivity index is 1.73. The van der Waals surface area contributed by atoms with E-state index < -0.39 is 0 Å². The van der Waals surface area contributed by atoms with E-state index in [0.717, 1.165) is 35.9 Å². The number of benzene rings is 1. The molecule has 2 aromatic rings. The van der Waals surface area contributed by atoms with Crippen molar-refractivity contribution in [2.75, 3.05) is 5.75 Å². The van der Waals surface area contributed by atoms with Crippen LogP contribution in [0.25, 0.3) is 11.4 Å². The predicted molar refractivity (Wildman–Crippen MR) is 106 cm³/mol. The molecule has 26 heavy (non-hydrogen) atoms. The van der Waals surface area contributed by atoms with Gasteiger partial charge in [-0.1, -0.05) is 35.5 Å². The van der Waals surface area contributed by atoms with Gasteiger partial charge in [-0.05, 0) is 53.0 Å². The normalized spacial score (nSPS) is 20.4. The fourth-order valence-electron chi connectivity index (χ4n) is 3.79. The van der Waals surface area contributed by atoms with E-state index in [1.54, 1.807) is 0 Å². The van der Waals surface area contributed by atoms with Crippen LogP contribution in [-0.2, 0) is 11.3 Å². The summed E-state index contributed by atoms with van der Waals surface area (Å²) in [6, 6.07) is 8.95. The molecule has 1 fully saturated rings. The van der Waals surface area contributed by atoms with Crippen LogP contribution < -0.4 is 0 Å². The van der Waals surface area contributed by atoms with E-state index in [2.05, 4.69) is 65.6 Å². The number of amides is 1. The fourth-order valence-corrected chi connectivity index (χ4v) is 4.66. The molecule has 2 atom stereocenters. The standard InChI is InChI=1S/C20H28N4OS/c1-5-23-19(17-11-6-8-14(2)12-17)21-22-20(23)26-13-18(25)24-15(3)9-7-10-16(24)4/h6,8,11-12,15-16H,5,7,9-10,13H2,1-4H3. The third-order valence-electron chi connectivity index (χ3n) is 5.12. The summed E-state index contributed by atoms with van der Waals surface area (Å²) in [6.45, 7) is 9.25. The lowest BCUT2D eigenvalue weighted by Crippen LogP contribution is -2.48. The lowest BCUT2D eigenvalue weighted by Gasteiger charge is -2.39. The highest BCUT2D eigenvalue weighted by molar-refractivity contribution is 7.99. The zero-order chi connectivity index (χ0) is 18.7. The minimum atomic E-state index is 0.206. The van der Waals surface area contributed by atoms with Gasteiger partial charge in [0, 0.05) is 24.2 Å². The molecule has 2 heterocycles. The van der Waals surface area contributed by atoms with Crippen LogP contribution in [0.1, 0.15) is 45.6 Å². The van der Waals surface area contributed by atoms with Crippen molar-refractivity contribution in [3.8, 4) is 11.4 Å². The lowest BCUT2D eigenvalue weighted by atomic mass is 9.98. The molecule has 0 bridgehead atoms. The molecule has 0 aliphatic carbocycles. The molecule has 0 saturated carbocycles. The Morgan fingerprint density at radius 3 is 2.62 bits per heavy atom. The van der Waals surface area contributed by atoms with Gasteiger partial charge in [0.15, 0.2) is 11.0 Å². The van der Waals surface area contributed by atoms with Gasteiger partial charge in [0.25, 0.3) is 0 Å². The molecule has 0 spiro atoms. The van der Waals surface area contributed by atoms with Crippen molar-refractivity contribution >= 4 is 17.7 Å². The number of nitrogens with zero attached hydrogens (tertiary/aromatic N) is 4. The maximum atomic E-state index is 12.8. The van der Waals surface area contributed by atoms with E-state index in [4.69, 9.17) is 0 Å². The van der Waals surface area contributed by atoms with Crippen LogP contribution in [0.3, 0.4) is 0 Å². The van der Waals surface area contributed by atoms with Gasteiger partial charge in [0.05, 0.1) is 5.75 Å². The number of rotatable bonds is 5. The summed E-state index contributed by atoms with van der Waals surface area (Å²) in [5.41, 5.74) is 2.27. The molecule has 1 aromatic heterocycles. The van der Waals surface area contributed by atoms with Gasteiger partial charge in [-0.25, -0.2) is 0 Å². The van der Waals surface area contributed by atoms with Crippen LogP contribution in [-0.4, -0.2) is 43.4 Å². The van der Waals surface area contributed by atoms with Gasteiger partial charge in [0.2, 0.25) is 5.91 Å². The van der Waals surface area contributed by atoms with Crippen LogP contribution in [0.4, 0.5) is 0 Å². The molecule has 3 rings (SSSR count).